The van der Waals surface area contributed by atoms with Gasteiger partial charge in [0.15, 0.2) is 0 Å². The van der Waals surface area contributed by atoms with Crippen LogP contribution in [0.2, 0.25) is 0 Å². The third kappa shape index (κ3) is 3.78. The molecule has 1 N–H and O–H groups in total. The predicted molar refractivity (Wildman–Crippen MR) is 110 cm³/mol. The lowest BCUT2D eigenvalue weighted by atomic mass is 10.1. The van der Waals surface area contributed by atoms with Crippen molar-refractivity contribution in [1.82, 2.24) is 14.5 Å². The van der Waals surface area contributed by atoms with Crippen LogP contribution in [0.3, 0.4) is 0 Å². The molecule has 2 saturated heterocycles. The van der Waals surface area contributed by atoms with E-state index in [4.69, 9.17) is 4.74 Å². The molecule has 2 aromatic rings. The average molecular weight is 429 g/mol. The van der Waals surface area contributed by atoms with Gasteiger partial charge in [0.2, 0.25) is 15.9 Å². The molecule has 0 atom stereocenters. The van der Waals surface area contributed by atoms with Crippen molar-refractivity contribution >= 4 is 22.0 Å². The number of carbonyl (C=O) groups is 2. The summed E-state index contributed by atoms with van der Waals surface area (Å²) in [7, 11) is -2.03. The molecule has 30 heavy (non-hydrogen) atoms. The van der Waals surface area contributed by atoms with Crippen LogP contribution < -0.4 is 10.1 Å². The molecule has 2 aliphatic heterocycles. The summed E-state index contributed by atoms with van der Waals surface area (Å²) < 4.78 is 32.6. The molecular formula is C21H23N3O5S. The Kier molecular flexibility index (Phi) is 5.48. The van der Waals surface area contributed by atoms with Gasteiger partial charge in [0.05, 0.1) is 18.6 Å². The molecule has 0 spiro atoms. The normalized spacial score (nSPS) is 18.5. The maximum absolute atomic E-state index is 13.0. The van der Waals surface area contributed by atoms with Gasteiger partial charge in [-0.3, -0.25) is 9.69 Å². The highest BCUT2D eigenvalue weighted by Gasteiger charge is 2.38. The predicted octanol–water partition coefficient (Wildman–Crippen LogP) is 2.07. The number of amides is 3. The summed E-state index contributed by atoms with van der Waals surface area (Å²) in [6.07, 6.45) is 0.866. The van der Waals surface area contributed by atoms with Crippen LogP contribution in [0.25, 0.3) is 11.1 Å². The van der Waals surface area contributed by atoms with Crippen molar-refractivity contribution in [2.75, 3.05) is 26.7 Å². The molecule has 3 amide bonds. The van der Waals surface area contributed by atoms with Crippen LogP contribution in [0.1, 0.15) is 12.8 Å². The molecule has 4 rings (SSSR count). The zero-order chi connectivity index (χ0) is 21.3. The summed E-state index contributed by atoms with van der Waals surface area (Å²) >= 11 is 0. The Morgan fingerprint density at radius 3 is 2.00 bits per heavy atom. The molecule has 0 saturated carbocycles. The first-order valence-electron chi connectivity index (χ1n) is 9.74. The first-order valence-corrected chi connectivity index (χ1v) is 11.2. The molecule has 2 fully saturated rings. The summed E-state index contributed by atoms with van der Waals surface area (Å²) in [5.41, 5.74) is 1.88. The first kappa shape index (κ1) is 20.4. The molecule has 2 aromatic carbocycles. The number of urea groups is 1. The maximum atomic E-state index is 13.0. The van der Waals surface area contributed by atoms with Gasteiger partial charge in [-0.05, 0) is 48.2 Å². The molecule has 158 valence electrons. The summed E-state index contributed by atoms with van der Waals surface area (Å²) in [4.78, 5) is 25.2. The van der Waals surface area contributed by atoms with Gasteiger partial charge < -0.3 is 10.1 Å². The number of nitrogens with zero attached hydrogens (tertiary/aromatic N) is 2. The topological polar surface area (TPSA) is 96.0 Å². The molecule has 8 nitrogen and oxygen atoms in total. The zero-order valence-corrected chi connectivity index (χ0v) is 17.4. The molecule has 9 heteroatoms. The van der Waals surface area contributed by atoms with E-state index in [9.17, 15) is 18.0 Å². The molecule has 2 heterocycles. The summed E-state index contributed by atoms with van der Waals surface area (Å²) in [5, 5.41) is 2.51. The second-order valence-corrected chi connectivity index (χ2v) is 9.25. The third-order valence-electron chi connectivity index (χ3n) is 5.58. The van der Waals surface area contributed by atoms with Crippen molar-refractivity contribution in [2.45, 2.75) is 23.8 Å². The number of imide groups is 1. The zero-order valence-electron chi connectivity index (χ0n) is 16.6. The van der Waals surface area contributed by atoms with Crippen LogP contribution in [-0.2, 0) is 14.8 Å². The Morgan fingerprint density at radius 1 is 0.933 bits per heavy atom. The van der Waals surface area contributed by atoms with E-state index in [1.807, 2.05) is 24.3 Å². The van der Waals surface area contributed by atoms with E-state index >= 15 is 0 Å². The summed E-state index contributed by atoms with van der Waals surface area (Å²) in [6.45, 7) is 0.548. The number of ether oxygens (including phenoxy) is 1. The van der Waals surface area contributed by atoms with Gasteiger partial charge in [-0.2, -0.15) is 4.31 Å². The van der Waals surface area contributed by atoms with Crippen LogP contribution >= 0.6 is 0 Å². The second-order valence-electron chi connectivity index (χ2n) is 7.31. The smallest absolute Gasteiger partial charge is 0.324 e. The number of methoxy groups -OCH3 is 1. The van der Waals surface area contributed by atoms with Crippen LogP contribution in [0, 0.1) is 0 Å². The van der Waals surface area contributed by atoms with Gasteiger partial charge in [0, 0.05) is 19.1 Å². The molecule has 0 aliphatic carbocycles. The van der Waals surface area contributed by atoms with Crippen molar-refractivity contribution in [3.63, 3.8) is 0 Å². The number of nitrogens with one attached hydrogen (secondary N) is 1. The van der Waals surface area contributed by atoms with E-state index in [1.54, 1.807) is 31.4 Å². The average Bonchev–Trinajstić information content (AvgIpc) is 3.12. The van der Waals surface area contributed by atoms with Crippen molar-refractivity contribution in [1.29, 1.82) is 0 Å². The monoisotopic (exact) mass is 429 g/mol. The number of benzene rings is 2. The van der Waals surface area contributed by atoms with Gasteiger partial charge in [-0.15, -0.1) is 0 Å². The van der Waals surface area contributed by atoms with E-state index < -0.39 is 16.1 Å². The van der Waals surface area contributed by atoms with Gasteiger partial charge in [0.1, 0.15) is 5.75 Å². The van der Waals surface area contributed by atoms with Crippen LogP contribution in [0.5, 0.6) is 5.75 Å². The molecule has 2 aliphatic rings. The van der Waals surface area contributed by atoms with Crippen LogP contribution in [0.4, 0.5) is 4.79 Å². The quantitative estimate of drug-likeness (QED) is 0.734. The minimum atomic E-state index is -3.64. The lowest BCUT2D eigenvalue weighted by Gasteiger charge is -2.34. The van der Waals surface area contributed by atoms with Crippen LogP contribution in [-0.4, -0.2) is 62.3 Å². The number of sulfonamides is 1. The Bertz CT molecular complexity index is 1030. The van der Waals surface area contributed by atoms with Crippen molar-refractivity contribution in [3.05, 3.63) is 48.5 Å². The standard InChI is InChI=1S/C21H23N3O5S/c1-29-18-6-2-15(3-7-18)16-4-8-19(9-5-16)30(27,28)23-12-10-17(11-13-23)24-20(25)14-22-21(24)26/h2-9,17H,10-14H2,1H3,(H,22,26). The summed E-state index contributed by atoms with van der Waals surface area (Å²) in [6, 6.07) is 13.7. The Morgan fingerprint density at radius 2 is 1.50 bits per heavy atom. The Hall–Kier alpha value is -2.91. The fourth-order valence-corrected chi connectivity index (χ4v) is 5.37. The van der Waals surface area contributed by atoms with Crippen molar-refractivity contribution < 1.29 is 22.7 Å². The fraction of sp³-hybridized carbons (Fsp3) is 0.333. The van der Waals surface area contributed by atoms with Gasteiger partial charge in [-0.25, -0.2) is 13.2 Å². The van der Waals surface area contributed by atoms with Crippen LogP contribution in [0.15, 0.2) is 53.4 Å². The minimum Gasteiger partial charge on any atom is -0.497 e. The number of piperidine rings is 1. The van der Waals surface area contributed by atoms with Crippen molar-refractivity contribution in [2.24, 2.45) is 0 Å². The molecule has 0 bridgehead atoms. The molecule has 0 unspecified atom stereocenters. The van der Waals surface area contributed by atoms with E-state index in [-0.39, 0.29) is 36.5 Å². The van der Waals surface area contributed by atoms with E-state index in [0.717, 1.165) is 16.9 Å². The van der Waals surface area contributed by atoms with Crippen molar-refractivity contribution in [3.8, 4) is 16.9 Å². The summed E-state index contributed by atoms with van der Waals surface area (Å²) in [5.74, 6) is 0.505. The lowest BCUT2D eigenvalue weighted by Crippen LogP contribution is -2.48. The number of hydrogen-bond acceptors (Lipinski definition) is 5. The lowest BCUT2D eigenvalue weighted by molar-refractivity contribution is -0.127. The maximum Gasteiger partial charge on any atom is 0.324 e. The molecule has 0 aromatic heterocycles. The van der Waals surface area contributed by atoms with Gasteiger partial charge in [-0.1, -0.05) is 24.3 Å². The number of carbonyl (C=O) groups excluding carboxylic acids is 2. The third-order valence-corrected chi connectivity index (χ3v) is 7.50. The number of rotatable bonds is 5. The highest BCUT2D eigenvalue weighted by molar-refractivity contribution is 7.89. The molecule has 0 radical (unpaired) electrons. The first-order chi connectivity index (χ1) is 14.4. The Labute approximate surface area is 175 Å². The van der Waals surface area contributed by atoms with E-state index in [1.165, 1.54) is 9.21 Å². The minimum absolute atomic E-state index is 0.0118. The Balaban J connectivity index is 1.45. The van der Waals surface area contributed by atoms with Gasteiger partial charge >= 0.3 is 6.03 Å². The van der Waals surface area contributed by atoms with Gasteiger partial charge in [0.25, 0.3) is 0 Å². The number of hydrogen-bond donors (Lipinski definition) is 1. The molecular weight excluding hydrogens is 406 g/mol. The highest BCUT2D eigenvalue weighted by Crippen LogP contribution is 2.27. The SMILES string of the molecule is COc1ccc(-c2ccc(S(=O)(=O)N3CCC(N4C(=O)CNC4=O)CC3)cc2)cc1. The highest BCUT2D eigenvalue weighted by atomic mass is 32.2. The largest absolute Gasteiger partial charge is 0.497 e. The van der Waals surface area contributed by atoms with E-state index in [0.29, 0.717) is 12.8 Å². The second kappa shape index (κ2) is 8.08. The fourth-order valence-electron chi connectivity index (χ4n) is 3.90. The van der Waals surface area contributed by atoms with E-state index in [2.05, 4.69) is 5.32 Å².